The van der Waals surface area contributed by atoms with Gasteiger partial charge in [-0.3, -0.25) is 4.79 Å². The topological polar surface area (TPSA) is 80.3 Å². The number of aliphatic carboxylic acids is 1. The molecule has 0 saturated heterocycles. The fourth-order valence-electron chi connectivity index (χ4n) is 2.75. The van der Waals surface area contributed by atoms with Crippen LogP contribution in [0.3, 0.4) is 0 Å². The SMILES string of the molecule is Cn1cc(CC(N)C(=O)O)c2cc3c(cc21)CNC3. The number of carbonyl (C=O) groups is 1. The zero-order valence-electron chi connectivity index (χ0n) is 10.8. The first-order valence-electron chi connectivity index (χ1n) is 6.35. The van der Waals surface area contributed by atoms with Crippen LogP contribution in [0.5, 0.6) is 0 Å². The molecule has 0 saturated carbocycles. The van der Waals surface area contributed by atoms with Gasteiger partial charge in [-0.05, 0) is 28.8 Å². The Labute approximate surface area is 111 Å². The van der Waals surface area contributed by atoms with Crippen LogP contribution in [0.1, 0.15) is 16.7 Å². The Morgan fingerprint density at radius 2 is 2.16 bits per heavy atom. The van der Waals surface area contributed by atoms with E-state index in [1.54, 1.807) is 0 Å². The van der Waals surface area contributed by atoms with E-state index in [-0.39, 0.29) is 0 Å². The summed E-state index contributed by atoms with van der Waals surface area (Å²) in [6.07, 6.45) is 2.34. The van der Waals surface area contributed by atoms with Crippen LogP contribution in [0.4, 0.5) is 0 Å². The maximum Gasteiger partial charge on any atom is 0.320 e. The van der Waals surface area contributed by atoms with Crippen molar-refractivity contribution in [2.24, 2.45) is 12.8 Å². The van der Waals surface area contributed by atoms with Gasteiger partial charge in [-0.25, -0.2) is 0 Å². The van der Waals surface area contributed by atoms with Gasteiger partial charge in [0.1, 0.15) is 6.04 Å². The molecular formula is C14H17N3O2. The molecule has 1 aliphatic rings. The number of aromatic nitrogens is 1. The van der Waals surface area contributed by atoms with Crippen molar-refractivity contribution in [1.82, 2.24) is 9.88 Å². The minimum atomic E-state index is -0.958. The van der Waals surface area contributed by atoms with Crippen molar-refractivity contribution in [1.29, 1.82) is 0 Å². The Morgan fingerprint density at radius 1 is 1.47 bits per heavy atom. The van der Waals surface area contributed by atoms with Crippen molar-refractivity contribution < 1.29 is 9.90 Å². The van der Waals surface area contributed by atoms with Crippen LogP contribution in [0.25, 0.3) is 10.9 Å². The van der Waals surface area contributed by atoms with E-state index in [1.165, 1.54) is 11.1 Å². The van der Waals surface area contributed by atoms with E-state index >= 15 is 0 Å². The molecule has 0 aliphatic carbocycles. The van der Waals surface area contributed by atoms with Crippen LogP contribution in [0.2, 0.25) is 0 Å². The summed E-state index contributed by atoms with van der Waals surface area (Å²) in [5.41, 5.74) is 10.4. The van der Waals surface area contributed by atoms with Gasteiger partial charge in [0.15, 0.2) is 0 Å². The highest BCUT2D eigenvalue weighted by atomic mass is 16.4. The highest BCUT2D eigenvalue weighted by Gasteiger charge is 2.18. The molecular weight excluding hydrogens is 242 g/mol. The number of aryl methyl sites for hydroxylation is 1. The quantitative estimate of drug-likeness (QED) is 0.759. The second kappa shape index (κ2) is 4.36. The van der Waals surface area contributed by atoms with Gasteiger partial charge >= 0.3 is 5.97 Å². The largest absolute Gasteiger partial charge is 0.480 e. The van der Waals surface area contributed by atoms with E-state index in [1.807, 2.05) is 17.8 Å². The predicted molar refractivity (Wildman–Crippen MR) is 72.8 cm³/mol. The predicted octanol–water partition coefficient (Wildman–Crippen LogP) is 0.736. The van der Waals surface area contributed by atoms with Gasteiger partial charge in [0, 0.05) is 43.7 Å². The van der Waals surface area contributed by atoms with Gasteiger partial charge in [-0.1, -0.05) is 0 Å². The summed E-state index contributed by atoms with van der Waals surface area (Å²) < 4.78 is 2.04. The number of carboxylic acids is 1. The van der Waals surface area contributed by atoms with E-state index < -0.39 is 12.0 Å². The first-order valence-corrected chi connectivity index (χ1v) is 6.35. The maximum absolute atomic E-state index is 10.9. The number of rotatable bonds is 3. The summed E-state index contributed by atoms with van der Waals surface area (Å²) >= 11 is 0. The van der Waals surface area contributed by atoms with E-state index in [2.05, 4.69) is 17.4 Å². The average molecular weight is 259 g/mol. The van der Waals surface area contributed by atoms with E-state index in [0.29, 0.717) is 6.42 Å². The van der Waals surface area contributed by atoms with Crippen LogP contribution < -0.4 is 11.1 Å². The molecule has 1 unspecified atom stereocenters. The van der Waals surface area contributed by atoms with Gasteiger partial charge in [-0.15, -0.1) is 0 Å². The van der Waals surface area contributed by atoms with Crippen molar-refractivity contribution in [3.8, 4) is 0 Å². The Kier molecular flexibility index (Phi) is 2.80. The lowest BCUT2D eigenvalue weighted by Crippen LogP contribution is -2.32. The fourth-order valence-corrected chi connectivity index (χ4v) is 2.75. The Bertz CT molecular complexity index is 660. The number of carboxylic acid groups (broad SMARTS) is 1. The summed E-state index contributed by atoms with van der Waals surface area (Å²) in [6, 6.07) is 3.49. The molecule has 2 aromatic rings. The van der Waals surface area contributed by atoms with Gasteiger partial charge in [0.05, 0.1) is 0 Å². The lowest BCUT2D eigenvalue weighted by atomic mass is 10.0. The molecule has 0 spiro atoms. The standard InChI is InChI=1S/C14H17N3O2/c1-17-7-10(3-12(15)14(18)19)11-2-8-5-16-6-9(8)4-13(11)17/h2,4,7,12,16H,3,5-6,15H2,1H3,(H,18,19). The number of hydrogen-bond donors (Lipinski definition) is 3. The number of nitrogens with one attached hydrogen (secondary N) is 1. The highest BCUT2D eigenvalue weighted by molar-refractivity contribution is 5.86. The molecule has 0 amide bonds. The molecule has 100 valence electrons. The van der Waals surface area contributed by atoms with E-state index in [0.717, 1.165) is 29.6 Å². The van der Waals surface area contributed by atoms with Crippen LogP contribution in [0.15, 0.2) is 18.3 Å². The zero-order valence-corrected chi connectivity index (χ0v) is 10.8. The van der Waals surface area contributed by atoms with E-state index in [9.17, 15) is 4.79 Å². The van der Waals surface area contributed by atoms with Gasteiger partial charge in [0.25, 0.3) is 0 Å². The first-order chi connectivity index (χ1) is 9.06. The molecule has 0 fully saturated rings. The second-order valence-electron chi connectivity index (χ2n) is 5.16. The molecule has 4 N–H and O–H groups in total. The maximum atomic E-state index is 10.9. The smallest absolute Gasteiger partial charge is 0.320 e. The Hall–Kier alpha value is -1.85. The summed E-state index contributed by atoms with van der Waals surface area (Å²) in [4.78, 5) is 10.9. The van der Waals surface area contributed by atoms with E-state index in [4.69, 9.17) is 10.8 Å². The third-order valence-corrected chi connectivity index (χ3v) is 3.78. The van der Waals surface area contributed by atoms with Crippen LogP contribution in [-0.2, 0) is 31.4 Å². The van der Waals surface area contributed by atoms with Crippen LogP contribution in [0, 0.1) is 0 Å². The van der Waals surface area contributed by atoms with Gasteiger partial charge in [-0.2, -0.15) is 0 Å². The molecule has 1 atom stereocenters. The molecule has 0 radical (unpaired) electrons. The average Bonchev–Trinajstić information content (AvgIpc) is 2.93. The molecule has 1 aromatic heterocycles. The monoisotopic (exact) mass is 259 g/mol. The van der Waals surface area contributed by atoms with Crippen LogP contribution in [-0.4, -0.2) is 21.7 Å². The van der Waals surface area contributed by atoms with Crippen molar-refractivity contribution in [2.45, 2.75) is 25.6 Å². The highest BCUT2D eigenvalue weighted by Crippen LogP contribution is 2.27. The molecule has 1 aliphatic heterocycles. The summed E-state index contributed by atoms with van der Waals surface area (Å²) in [7, 11) is 1.98. The Balaban J connectivity index is 2.08. The third kappa shape index (κ3) is 2.01. The van der Waals surface area contributed by atoms with Crippen molar-refractivity contribution in [3.05, 3.63) is 35.0 Å². The molecule has 5 heteroatoms. The summed E-state index contributed by atoms with van der Waals surface area (Å²) in [6.45, 7) is 1.78. The number of benzene rings is 1. The fraction of sp³-hybridized carbons (Fsp3) is 0.357. The molecule has 3 rings (SSSR count). The molecule has 1 aromatic carbocycles. The minimum absolute atomic E-state index is 0.360. The number of nitrogens with two attached hydrogens (primary N) is 1. The van der Waals surface area contributed by atoms with Crippen molar-refractivity contribution in [2.75, 3.05) is 0 Å². The Morgan fingerprint density at radius 3 is 2.84 bits per heavy atom. The first kappa shape index (κ1) is 12.2. The minimum Gasteiger partial charge on any atom is -0.480 e. The summed E-state index contributed by atoms with van der Waals surface area (Å²) in [5.74, 6) is -0.958. The van der Waals surface area contributed by atoms with Gasteiger partial charge < -0.3 is 20.7 Å². The van der Waals surface area contributed by atoms with Crippen LogP contribution >= 0.6 is 0 Å². The lowest BCUT2D eigenvalue weighted by Gasteiger charge is -2.05. The van der Waals surface area contributed by atoms with Gasteiger partial charge in [0.2, 0.25) is 0 Å². The number of nitrogens with zero attached hydrogens (tertiary/aromatic N) is 1. The summed E-state index contributed by atoms with van der Waals surface area (Å²) in [5, 5.41) is 13.4. The molecule has 0 bridgehead atoms. The normalized spacial score (nSPS) is 15.7. The molecule has 5 nitrogen and oxygen atoms in total. The van der Waals surface area contributed by atoms with Crippen molar-refractivity contribution >= 4 is 16.9 Å². The second-order valence-corrected chi connectivity index (χ2v) is 5.16. The van der Waals surface area contributed by atoms with Crippen molar-refractivity contribution in [3.63, 3.8) is 0 Å². The zero-order chi connectivity index (χ0) is 13.6. The molecule has 19 heavy (non-hydrogen) atoms. The molecule has 2 heterocycles. The number of hydrogen-bond acceptors (Lipinski definition) is 3. The lowest BCUT2D eigenvalue weighted by molar-refractivity contribution is -0.138. The third-order valence-electron chi connectivity index (χ3n) is 3.78. The number of fused-ring (bicyclic) bond motifs is 2.